The number of hydrogen-bond donors (Lipinski definition) is 3. The molecule has 2 aromatic rings. The monoisotopic (exact) mass is 1260 g/mol. The Hall–Kier alpha value is -7.71. The number of ether oxygens (including phenoxy) is 10. The van der Waals surface area contributed by atoms with Crippen molar-refractivity contribution in [2.75, 3.05) is 78.7 Å². The molecule has 5 amide bonds. The number of allylic oxidation sites excluding steroid dienone is 3. The van der Waals surface area contributed by atoms with Crippen molar-refractivity contribution in [1.82, 2.24) is 15.1 Å². The highest BCUT2D eigenvalue weighted by Gasteiger charge is 2.64. The van der Waals surface area contributed by atoms with Crippen LogP contribution in [-0.4, -0.2) is 185 Å². The van der Waals surface area contributed by atoms with Crippen LogP contribution in [0.2, 0.25) is 0 Å². The van der Waals surface area contributed by atoms with Crippen LogP contribution >= 0.6 is 0 Å². The number of carbonyl (C=O) groups is 9. The molecule has 6 rings (SSSR count). The lowest BCUT2D eigenvalue weighted by Gasteiger charge is -2.42. The van der Waals surface area contributed by atoms with Crippen LogP contribution in [0, 0.1) is 18.8 Å². The lowest BCUT2D eigenvalue weighted by atomic mass is 9.83. The molecule has 4 aliphatic rings. The molecule has 0 spiro atoms. The number of ketones is 1. The number of esters is 3. The number of epoxide rings is 1. The van der Waals surface area contributed by atoms with Gasteiger partial charge in [-0.05, 0) is 87.9 Å². The van der Waals surface area contributed by atoms with Crippen molar-refractivity contribution in [3.8, 4) is 5.75 Å². The zero-order valence-corrected chi connectivity index (χ0v) is 53.8. The first-order valence-corrected chi connectivity index (χ1v) is 30.4. The summed E-state index contributed by atoms with van der Waals surface area (Å²) in [7, 11) is 7.42. The highest BCUT2D eigenvalue weighted by Crippen LogP contribution is 2.49. The largest absolute Gasteiger partial charge is 0.496 e. The Morgan fingerprint density at radius 3 is 2.43 bits per heavy atom. The molecule has 2 fully saturated rings. The molecule has 4 unspecified atom stereocenters. The zero-order chi connectivity index (χ0) is 66.0. The fourth-order valence-corrected chi connectivity index (χ4v) is 10.7. The van der Waals surface area contributed by atoms with Crippen molar-refractivity contribution in [3.05, 3.63) is 88.5 Å². The average molecular weight is 1260 g/mol. The second-order valence-corrected chi connectivity index (χ2v) is 23.6. The number of aliphatic hydroxyl groups is 1. The Labute approximate surface area is 526 Å². The van der Waals surface area contributed by atoms with Crippen LogP contribution in [0.4, 0.5) is 21.0 Å². The maximum atomic E-state index is 14.5. The van der Waals surface area contributed by atoms with Crippen LogP contribution in [0.5, 0.6) is 5.75 Å². The number of rotatable bonds is 23. The minimum Gasteiger partial charge on any atom is -0.496 e. The first-order chi connectivity index (χ1) is 42.7. The maximum absolute atomic E-state index is 14.5. The molecule has 10 atom stereocenters. The van der Waals surface area contributed by atoms with Crippen LogP contribution in [0.25, 0.3) is 0 Å². The van der Waals surface area contributed by atoms with Crippen molar-refractivity contribution in [1.29, 1.82) is 0 Å². The van der Waals surface area contributed by atoms with Gasteiger partial charge in [0, 0.05) is 77.6 Å². The van der Waals surface area contributed by atoms with Crippen LogP contribution in [0.15, 0.2) is 66.3 Å². The van der Waals surface area contributed by atoms with Crippen LogP contribution in [-0.2, 0) is 95.6 Å². The van der Waals surface area contributed by atoms with Crippen LogP contribution < -0.4 is 20.3 Å². The van der Waals surface area contributed by atoms with Gasteiger partial charge >= 0.3 is 30.1 Å². The number of alkyl carbamates (subject to hydrolysis) is 1. The number of carbonyl (C=O) groups excluding carboxylic acids is 9. The number of likely N-dealkylation sites (N-methyl/N-ethyl adjacent to an activating group) is 1. The van der Waals surface area contributed by atoms with Gasteiger partial charge in [0.2, 0.25) is 17.7 Å². The third-order valence-electron chi connectivity index (χ3n) is 16.7. The summed E-state index contributed by atoms with van der Waals surface area (Å²) < 4.78 is 56.9. The fraction of sp³-hybridized carbons (Fsp3) is 0.585. The molecule has 4 bridgehead atoms. The highest BCUT2D eigenvalue weighted by atomic mass is 16.7. The number of nitrogens with one attached hydrogen (secondary N) is 2. The molecule has 25 nitrogen and oxygen atoms in total. The van der Waals surface area contributed by atoms with Gasteiger partial charge in [0.1, 0.15) is 67.6 Å². The van der Waals surface area contributed by atoms with Crippen molar-refractivity contribution >= 4 is 65.0 Å². The van der Waals surface area contributed by atoms with Gasteiger partial charge in [-0.2, -0.15) is 0 Å². The third kappa shape index (κ3) is 19.6. The second kappa shape index (κ2) is 32.9. The molecule has 90 heavy (non-hydrogen) atoms. The van der Waals surface area contributed by atoms with E-state index in [4.69, 9.17) is 47.4 Å². The van der Waals surface area contributed by atoms with Gasteiger partial charge in [0.05, 0.1) is 57.3 Å². The van der Waals surface area contributed by atoms with Crippen molar-refractivity contribution in [3.63, 3.8) is 0 Å². The Bertz CT molecular complexity index is 3020. The van der Waals surface area contributed by atoms with E-state index in [1.807, 2.05) is 32.1 Å². The number of amides is 5. The third-order valence-corrected chi connectivity index (χ3v) is 16.7. The van der Waals surface area contributed by atoms with E-state index < -0.39 is 102 Å². The Morgan fingerprint density at radius 2 is 1.71 bits per heavy atom. The van der Waals surface area contributed by atoms with E-state index in [2.05, 4.69) is 10.6 Å². The second-order valence-electron chi connectivity index (χ2n) is 23.6. The van der Waals surface area contributed by atoms with Crippen molar-refractivity contribution < 1.29 is 95.6 Å². The first-order valence-electron chi connectivity index (χ1n) is 30.4. The minimum absolute atomic E-state index is 0.0372. The van der Waals surface area contributed by atoms with Crippen molar-refractivity contribution in [2.45, 2.75) is 167 Å². The fourth-order valence-electron chi connectivity index (χ4n) is 10.7. The summed E-state index contributed by atoms with van der Waals surface area (Å²) in [5.74, 6) is -4.09. The van der Waals surface area contributed by atoms with Crippen LogP contribution in [0.1, 0.15) is 115 Å². The first kappa shape index (κ1) is 71.4. The summed E-state index contributed by atoms with van der Waals surface area (Å²) in [4.78, 5) is 123. The zero-order valence-electron chi connectivity index (χ0n) is 53.8. The summed E-state index contributed by atoms with van der Waals surface area (Å²) in [5.41, 5.74) is 1.05. The predicted octanol–water partition coefficient (Wildman–Crippen LogP) is 6.50. The molecule has 0 aromatic heterocycles. The lowest BCUT2D eigenvalue weighted by molar-refractivity contribution is -0.162. The molecule has 4 heterocycles. The molecule has 2 aromatic carbocycles. The van der Waals surface area contributed by atoms with Gasteiger partial charge in [-0.3, -0.25) is 34.1 Å². The molecule has 0 radical (unpaired) electrons. The van der Waals surface area contributed by atoms with E-state index in [1.54, 1.807) is 77.2 Å². The summed E-state index contributed by atoms with van der Waals surface area (Å²) in [6.07, 6.45) is 3.11. The molecular formula is C65H89N5O20. The quantitative estimate of drug-likeness (QED) is 0.0463. The Morgan fingerprint density at radius 1 is 0.956 bits per heavy atom. The van der Waals surface area contributed by atoms with Gasteiger partial charge in [-0.1, -0.05) is 62.8 Å². The van der Waals surface area contributed by atoms with E-state index in [0.29, 0.717) is 59.7 Å². The van der Waals surface area contributed by atoms with E-state index in [0.717, 1.165) is 16.0 Å². The van der Waals surface area contributed by atoms with Crippen LogP contribution in [0.3, 0.4) is 0 Å². The Kier molecular flexibility index (Phi) is 26.1. The molecule has 25 heteroatoms. The standard InChI is InChI=1S/C65H89N5O20/c1-13-47(71)18-15-21-55(72)66-49-30-44(22-23-46(49)33-58(75)87-48-19-16-27-83-38-84-37-48)36-86-60(76)40(3)24-26-68(8)63(79)85-28-25-56(73)69(9)43(6)61(77)89-54-34-57(74)70(10)50-31-45(32-51(81-11)41(50)4)29-39(2)17-14-20-53(82-12)65(80)35-52(88-62(78)67-65)42(5)59-64(54,7)90-59/h14,16-17,19-20,22-23,30-32,40,42-43,48,52-54,59,80H,13,15,18,21,24-29,33-38H2,1-12H3,(H,66,72)(H,67,78)/b19-16+,20-14+,39-17+/t40?,42-,43+,48?,52+,53?,54+,59+,64+,65?/m1/s1. The molecule has 4 aliphatic heterocycles. The van der Waals surface area contributed by atoms with E-state index in [9.17, 15) is 48.3 Å². The average Bonchev–Trinajstić information content (AvgIpc) is 1.57. The topological polar surface area (TPSA) is 303 Å². The molecule has 0 aliphatic carbocycles. The lowest BCUT2D eigenvalue weighted by Crippen LogP contribution is -2.63. The number of benzene rings is 2. The highest BCUT2D eigenvalue weighted by molar-refractivity contribution is 5.95. The Balaban J connectivity index is 1.03. The summed E-state index contributed by atoms with van der Waals surface area (Å²) >= 11 is 0. The van der Waals surface area contributed by atoms with E-state index in [1.165, 1.54) is 45.0 Å². The van der Waals surface area contributed by atoms with Gasteiger partial charge in [0.15, 0.2) is 5.72 Å². The number of hydrogen-bond acceptors (Lipinski definition) is 20. The number of fused-ring (bicyclic) bond motifs is 5. The van der Waals surface area contributed by atoms with Gasteiger partial charge in [-0.15, -0.1) is 0 Å². The minimum atomic E-state index is -1.89. The number of nitrogens with zero attached hydrogens (tertiary/aromatic N) is 3. The smallest absolute Gasteiger partial charge is 0.409 e. The SMILES string of the molecule is CCC(=O)CCCC(=O)Nc1cc(COC(=O)C(C)CCN(C)C(=O)OCCC(=O)N(C)[C@@H](C)C(=O)O[C@H]2CC(=O)N(C)c3cc(cc(OC)c3C)C/C(C)=C/C=C/C(OC)C3(O)C[C@H](OC(=O)N3)[C@@H](C)[C@@H]3O[C@@]23C)ccc1CC(=O)OC1/C=C/COCOC1. The van der Waals surface area contributed by atoms with Gasteiger partial charge < -0.3 is 72.5 Å². The summed E-state index contributed by atoms with van der Waals surface area (Å²) in [6, 6.07) is 7.45. The van der Waals surface area contributed by atoms with E-state index in [-0.39, 0.29) is 89.8 Å². The molecule has 494 valence electrons. The molecule has 0 saturated carbocycles. The van der Waals surface area contributed by atoms with Gasteiger partial charge in [-0.25, -0.2) is 14.4 Å². The van der Waals surface area contributed by atoms with E-state index >= 15 is 0 Å². The molecule has 2 saturated heterocycles. The normalized spacial score (nSPS) is 25.5. The van der Waals surface area contributed by atoms with Gasteiger partial charge in [0.25, 0.3) is 0 Å². The number of methoxy groups -OCH3 is 2. The summed E-state index contributed by atoms with van der Waals surface area (Å²) in [6.45, 7) is 12.0. The maximum Gasteiger partial charge on any atom is 0.409 e. The number of Topliss-reactive ketones (excluding diaryl/α,β-unsaturated/α-hetero) is 1. The number of anilines is 2. The molecular weight excluding hydrogens is 1170 g/mol. The summed E-state index contributed by atoms with van der Waals surface area (Å²) in [5, 5.41) is 17.2. The molecule has 3 N–H and O–H groups in total. The van der Waals surface area contributed by atoms with Crippen molar-refractivity contribution in [2.24, 2.45) is 11.8 Å². The predicted molar refractivity (Wildman–Crippen MR) is 327 cm³/mol.